The van der Waals surface area contributed by atoms with Crippen molar-refractivity contribution in [1.29, 1.82) is 0 Å². The lowest BCUT2D eigenvalue weighted by Crippen LogP contribution is -2.43. The lowest BCUT2D eigenvalue weighted by molar-refractivity contribution is 0.183. The molecule has 3 heterocycles. The molecule has 1 atom stereocenters. The molecule has 0 spiro atoms. The molecule has 1 fully saturated rings. The molecule has 2 aromatic heterocycles. The van der Waals surface area contributed by atoms with Crippen LogP contribution in [0.3, 0.4) is 0 Å². The summed E-state index contributed by atoms with van der Waals surface area (Å²) in [5.74, 6) is 0.882. The number of aromatic nitrogens is 1. The van der Waals surface area contributed by atoms with Gasteiger partial charge in [-0.15, -0.1) is 23.7 Å². The first-order valence-electron chi connectivity index (χ1n) is 6.74. The summed E-state index contributed by atoms with van der Waals surface area (Å²) >= 11 is 1.68. The molecule has 1 unspecified atom stereocenters. The minimum atomic E-state index is 0. The number of piperidine rings is 1. The maximum absolute atomic E-state index is 5.42. The van der Waals surface area contributed by atoms with Gasteiger partial charge in [0.05, 0.1) is 10.6 Å². The number of hydrogen-bond acceptors (Lipinski definition) is 5. The Hall–Kier alpha value is -0.880. The highest BCUT2D eigenvalue weighted by molar-refractivity contribution is 7.13. The van der Waals surface area contributed by atoms with Crippen LogP contribution < -0.4 is 5.32 Å². The van der Waals surface area contributed by atoms with E-state index >= 15 is 0 Å². The van der Waals surface area contributed by atoms with Gasteiger partial charge in [-0.2, -0.15) is 0 Å². The Bertz CT molecular complexity index is 514. The molecular weight excluding hydrogens is 294 g/mol. The third-order valence-corrected chi connectivity index (χ3v) is 4.51. The number of thiophene rings is 1. The van der Waals surface area contributed by atoms with Crippen molar-refractivity contribution in [2.24, 2.45) is 0 Å². The van der Waals surface area contributed by atoms with Crippen molar-refractivity contribution < 1.29 is 4.52 Å². The molecule has 110 valence electrons. The molecule has 0 amide bonds. The molecule has 0 bridgehead atoms. The molecule has 1 aliphatic heterocycles. The number of likely N-dealkylation sites (tertiary alicyclic amines) is 1. The van der Waals surface area contributed by atoms with Crippen molar-refractivity contribution in [3.8, 4) is 10.6 Å². The fourth-order valence-corrected chi connectivity index (χ4v) is 3.26. The maximum Gasteiger partial charge on any atom is 0.177 e. The van der Waals surface area contributed by atoms with Crippen LogP contribution in [0.5, 0.6) is 0 Å². The fourth-order valence-electron chi connectivity index (χ4n) is 2.59. The highest BCUT2D eigenvalue weighted by atomic mass is 35.5. The highest BCUT2D eigenvalue weighted by Crippen LogP contribution is 2.25. The van der Waals surface area contributed by atoms with Gasteiger partial charge in [-0.05, 0) is 37.9 Å². The summed E-state index contributed by atoms with van der Waals surface area (Å²) in [6, 6.07) is 6.77. The second-order valence-corrected chi connectivity index (χ2v) is 5.97. The minimum Gasteiger partial charge on any atom is -0.355 e. The largest absolute Gasteiger partial charge is 0.355 e. The molecule has 3 rings (SSSR count). The summed E-state index contributed by atoms with van der Waals surface area (Å²) in [7, 11) is 2.04. The number of rotatable bonds is 4. The molecule has 1 N–H and O–H groups in total. The number of nitrogens with one attached hydrogen (secondary N) is 1. The van der Waals surface area contributed by atoms with E-state index in [2.05, 4.69) is 32.9 Å². The van der Waals surface area contributed by atoms with E-state index in [0.29, 0.717) is 6.04 Å². The van der Waals surface area contributed by atoms with Crippen LogP contribution in [0, 0.1) is 0 Å². The predicted octanol–water partition coefficient (Wildman–Crippen LogP) is 3.01. The number of nitrogens with zero attached hydrogens (tertiary/aromatic N) is 2. The van der Waals surface area contributed by atoms with Gasteiger partial charge in [-0.25, -0.2) is 0 Å². The van der Waals surface area contributed by atoms with E-state index in [1.165, 1.54) is 12.8 Å². The summed E-state index contributed by atoms with van der Waals surface area (Å²) in [5.41, 5.74) is 1.03. The summed E-state index contributed by atoms with van der Waals surface area (Å²) in [4.78, 5) is 3.59. The number of hydrogen-bond donors (Lipinski definition) is 1. The minimum absolute atomic E-state index is 0. The van der Waals surface area contributed by atoms with Crippen LogP contribution in [0.2, 0.25) is 0 Å². The van der Waals surface area contributed by atoms with Crippen LogP contribution in [0.4, 0.5) is 0 Å². The van der Waals surface area contributed by atoms with Crippen molar-refractivity contribution in [1.82, 2.24) is 15.4 Å². The molecule has 4 nitrogen and oxygen atoms in total. The number of likely N-dealkylation sites (N-methyl/N-ethyl adjacent to an activating group) is 1. The van der Waals surface area contributed by atoms with Gasteiger partial charge in [-0.3, -0.25) is 4.90 Å². The zero-order valence-corrected chi connectivity index (χ0v) is 13.2. The third kappa shape index (κ3) is 3.61. The first-order valence-corrected chi connectivity index (χ1v) is 7.62. The Morgan fingerprint density at radius 2 is 2.45 bits per heavy atom. The molecule has 0 aliphatic carbocycles. The van der Waals surface area contributed by atoms with E-state index in [0.717, 1.165) is 36.0 Å². The van der Waals surface area contributed by atoms with Crippen LogP contribution in [-0.4, -0.2) is 36.2 Å². The Morgan fingerprint density at radius 1 is 1.55 bits per heavy atom. The maximum atomic E-state index is 5.42. The molecule has 0 radical (unpaired) electrons. The van der Waals surface area contributed by atoms with Gasteiger partial charge in [0.25, 0.3) is 0 Å². The molecule has 20 heavy (non-hydrogen) atoms. The van der Waals surface area contributed by atoms with Gasteiger partial charge in [0, 0.05) is 25.2 Å². The van der Waals surface area contributed by atoms with Crippen molar-refractivity contribution in [3.05, 3.63) is 29.3 Å². The Labute approximate surface area is 129 Å². The first kappa shape index (κ1) is 15.5. The predicted molar refractivity (Wildman–Crippen MR) is 84.4 cm³/mol. The smallest absolute Gasteiger partial charge is 0.177 e. The quantitative estimate of drug-likeness (QED) is 0.942. The standard InChI is InChI=1S/C14H19N3OS.ClH/c1-15-11-4-2-6-17(9-11)10-12-8-13(18-16-12)14-5-3-7-19-14;/h3,5,7-8,11,15H,2,4,6,9-10H2,1H3;1H. The first-order chi connectivity index (χ1) is 9.35. The second-order valence-electron chi connectivity index (χ2n) is 5.02. The van der Waals surface area contributed by atoms with E-state index in [4.69, 9.17) is 4.52 Å². The van der Waals surface area contributed by atoms with Gasteiger partial charge in [0.1, 0.15) is 0 Å². The van der Waals surface area contributed by atoms with E-state index in [1.807, 2.05) is 13.1 Å². The zero-order valence-electron chi connectivity index (χ0n) is 11.5. The van der Waals surface area contributed by atoms with Gasteiger partial charge >= 0.3 is 0 Å². The summed E-state index contributed by atoms with van der Waals surface area (Å²) in [5, 5.41) is 9.61. The monoisotopic (exact) mass is 313 g/mol. The van der Waals surface area contributed by atoms with E-state index < -0.39 is 0 Å². The van der Waals surface area contributed by atoms with Gasteiger partial charge in [-0.1, -0.05) is 11.2 Å². The Balaban J connectivity index is 0.00000147. The molecule has 1 aliphatic rings. The average molecular weight is 314 g/mol. The van der Waals surface area contributed by atoms with Gasteiger partial charge < -0.3 is 9.84 Å². The molecule has 6 heteroatoms. The number of halogens is 1. The summed E-state index contributed by atoms with van der Waals surface area (Å²) in [6.07, 6.45) is 2.52. The van der Waals surface area contributed by atoms with Crippen molar-refractivity contribution in [2.45, 2.75) is 25.4 Å². The van der Waals surface area contributed by atoms with Gasteiger partial charge in [0.2, 0.25) is 0 Å². The molecule has 0 aromatic carbocycles. The normalized spacial score (nSPS) is 19.8. The SMILES string of the molecule is CNC1CCCN(Cc2cc(-c3cccs3)on2)C1.Cl. The molecular formula is C14H20ClN3OS. The second kappa shape index (κ2) is 7.22. The summed E-state index contributed by atoms with van der Waals surface area (Å²) < 4.78 is 5.42. The van der Waals surface area contributed by atoms with Crippen LogP contribution in [0.1, 0.15) is 18.5 Å². The van der Waals surface area contributed by atoms with E-state index in [1.54, 1.807) is 11.3 Å². The van der Waals surface area contributed by atoms with E-state index in [-0.39, 0.29) is 12.4 Å². The topological polar surface area (TPSA) is 41.3 Å². The highest BCUT2D eigenvalue weighted by Gasteiger charge is 2.19. The van der Waals surface area contributed by atoms with Crippen LogP contribution in [0.15, 0.2) is 28.1 Å². The molecule has 2 aromatic rings. The van der Waals surface area contributed by atoms with Crippen LogP contribution in [-0.2, 0) is 6.54 Å². The van der Waals surface area contributed by atoms with Crippen molar-refractivity contribution in [2.75, 3.05) is 20.1 Å². The third-order valence-electron chi connectivity index (χ3n) is 3.62. The van der Waals surface area contributed by atoms with Crippen LogP contribution in [0.25, 0.3) is 10.6 Å². The van der Waals surface area contributed by atoms with Gasteiger partial charge in [0.15, 0.2) is 5.76 Å². The zero-order chi connectivity index (χ0) is 13.1. The Morgan fingerprint density at radius 3 is 3.20 bits per heavy atom. The van der Waals surface area contributed by atoms with Crippen molar-refractivity contribution in [3.63, 3.8) is 0 Å². The molecule has 1 saturated heterocycles. The lowest BCUT2D eigenvalue weighted by atomic mass is 10.1. The van der Waals surface area contributed by atoms with Crippen LogP contribution >= 0.6 is 23.7 Å². The van der Waals surface area contributed by atoms with Crippen molar-refractivity contribution >= 4 is 23.7 Å². The summed E-state index contributed by atoms with van der Waals surface area (Å²) in [6.45, 7) is 3.13. The average Bonchev–Trinajstić information content (AvgIpc) is 3.09. The van der Waals surface area contributed by atoms with E-state index in [9.17, 15) is 0 Å². The fraction of sp³-hybridized carbons (Fsp3) is 0.500. The lowest BCUT2D eigenvalue weighted by Gasteiger charge is -2.31. The molecule has 0 saturated carbocycles. The Kier molecular flexibility index (Phi) is 5.60.